The second-order valence-corrected chi connectivity index (χ2v) is 7.97. The monoisotopic (exact) mass is 362 g/mol. The molecule has 2 N–H and O–H groups in total. The number of amides is 1. The predicted molar refractivity (Wildman–Crippen MR) is 95.2 cm³/mol. The molecule has 0 aromatic carbocycles. The van der Waals surface area contributed by atoms with Crippen molar-refractivity contribution in [3.05, 3.63) is 28.0 Å². The summed E-state index contributed by atoms with van der Waals surface area (Å²) in [6.07, 6.45) is 7.72. The number of aliphatic carboxylic acids is 1. The maximum absolute atomic E-state index is 12.6. The molecule has 2 aromatic heterocycles. The lowest BCUT2D eigenvalue weighted by atomic mass is 10.1. The van der Waals surface area contributed by atoms with Crippen LogP contribution >= 0.6 is 11.3 Å². The molecule has 25 heavy (non-hydrogen) atoms. The Kier molecular flexibility index (Phi) is 4.64. The van der Waals surface area contributed by atoms with Gasteiger partial charge >= 0.3 is 5.97 Å². The first-order valence-corrected chi connectivity index (χ1v) is 9.18. The Bertz CT molecular complexity index is 803. The van der Waals surface area contributed by atoms with Crippen LogP contribution in [-0.4, -0.2) is 31.7 Å². The van der Waals surface area contributed by atoms with Crippen molar-refractivity contribution in [3.63, 3.8) is 0 Å². The molecule has 134 valence electrons. The number of hydrogen-bond acceptors (Lipinski definition) is 5. The summed E-state index contributed by atoms with van der Waals surface area (Å²) in [5.74, 6) is -0.746. The molecular formula is C17H22N4O3S. The highest BCUT2D eigenvalue weighted by Crippen LogP contribution is 2.37. The van der Waals surface area contributed by atoms with E-state index in [1.165, 1.54) is 41.3 Å². The van der Waals surface area contributed by atoms with E-state index in [-0.39, 0.29) is 5.91 Å². The van der Waals surface area contributed by atoms with E-state index < -0.39 is 11.5 Å². The fraction of sp³-hybridized carbons (Fsp3) is 0.529. The van der Waals surface area contributed by atoms with Crippen LogP contribution in [0.5, 0.6) is 0 Å². The van der Waals surface area contributed by atoms with E-state index in [9.17, 15) is 14.7 Å². The summed E-state index contributed by atoms with van der Waals surface area (Å²) in [5, 5.41) is 17.1. The highest BCUT2D eigenvalue weighted by atomic mass is 32.1. The number of carbonyl (C=O) groups excluding carboxylic acids is 1. The number of aryl methyl sites for hydroxylation is 1. The van der Waals surface area contributed by atoms with Gasteiger partial charge in [0.25, 0.3) is 5.91 Å². The average Bonchev–Trinajstić information content (AvgIpc) is 3.26. The maximum atomic E-state index is 12.6. The van der Waals surface area contributed by atoms with Crippen molar-refractivity contribution in [2.75, 3.05) is 5.32 Å². The van der Waals surface area contributed by atoms with Crippen LogP contribution in [0.3, 0.4) is 0 Å². The molecule has 2 aromatic rings. The van der Waals surface area contributed by atoms with Crippen molar-refractivity contribution in [2.45, 2.75) is 57.9 Å². The number of anilines is 1. The molecule has 1 aliphatic carbocycles. The van der Waals surface area contributed by atoms with Crippen molar-refractivity contribution in [1.29, 1.82) is 0 Å². The average molecular weight is 362 g/mol. The fourth-order valence-electron chi connectivity index (χ4n) is 2.95. The first kappa shape index (κ1) is 17.6. The highest BCUT2D eigenvalue weighted by molar-refractivity contribution is 7.14. The fourth-order valence-corrected chi connectivity index (χ4v) is 4.09. The van der Waals surface area contributed by atoms with Crippen molar-refractivity contribution in [1.82, 2.24) is 14.8 Å². The number of carboxylic acid groups (broad SMARTS) is 1. The second-order valence-electron chi connectivity index (χ2n) is 6.94. The molecule has 0 atom stereocenters. The van der Waals surface area contributed by atoms with Crippen molar-refractivity contribution in [2.24, 2.45) is 0 Å². The van der Waals surface area contributed by atoms with Gasteiger partial charge in [-0.1, -0.05) is 12.8 Å². The highest BCUT2D eigenvalue weighted by Gasteiger charge is 2.30. The molecule has 3 rings (SSSR count). The lowest BCUT2D eigenvalue weighted by Crippen LogP contribution is -2.35. The zero-order chi connectivity index (χ0) is 18.2. The van der Waals surface area contributed by atoms with Gasteiger partial charge in [-0.15, -0.1) is 11.3 Å². The van der Waals surface area contributed by atoms with Crippen LogP contribution in [0.4, 0.5) is 5.69 Å². The Balaban J connectivity index is 1.75. The first-order chi connectivity index (χ1) is 11.8. The lowest BCUT2D eigenvalue weighted by Gasteiger charge is -2.19. The Hall–Kier alpha value is -2.22. The molecule has 1 amide bonds. The molecule has 2 heterocycles. The van der Waals surface area contributed by atoms with E-state index in [0.29, 0.717) is 16.5 Å². The summed E-state index contributed by atoms with van der Waals surface area (Å²) in [6, 6.07) is 0. The minimum atomic E-state index is -1.18. The molecule has 0 saturated heterocycles. The third kappa shape index (κ3) is 3.44. The van der Waals surface area contributed by atoms with E-state index >= 15 is 0 Å². The number of hydrogen-bond donors (Lipinski definition) is 2. The summed E-state index contributed by atoms with van der Waals surface area (Å²) in [7, 11) is 0. The third-order valence-corrected chi connectivity index (χ3v) is 5.98. The van der Waals surface area contributed by atoms with Gasteiger partial charge in [-0.25, -0.2) is 9.78 Å². The lowest BCUT2D eigenvalue weighted by molar-refractivity contribution is -0.146. The van der Waals surface area contributed by atoms with Gasteiger partial charge in [0, 0.05) is 12.1 Å². The number of thiazole rings is 1. The van der Waals surface area contributed by atoms with Crippen LogP contribution in [0.15, 0.2) is 12.4 Å². The van der Waals surface area contributed by atoms with Crippen LogP contribution in [0.2, 0.25) is 0 Å². The van der Waals surface area contributed by atoms with Crippen molar-refractivity contribution < 1.29 is 14.7 Å². The smallest absolute Gasteiger partial charge is 0.331 e. The van der Waals surface area contributed by atoms with Crippen molar-refractivity contribution in [3.8, 4) is 0 Å². The van der Waals surface area contributed by atoms with Gasteiger partial charge in [-0.3, -0.25) is 9.48 Å². The number of rotatable bonds is 5. The van der Waals surface area contributed by atoms with E-state index in [1.807, 2.05) is 6.92 Å². The van der Waals surface area contributed by atoms with Gasteiger partial charge < -0.3 is 10.4 Å². The molecule has 0 spiro atoms. The maximum Gasteiger partial charge on any atom is 0.331 e. The van der Waals surface area contributed by atoms with Gasteiger partial charge in [0.05, 0.1) is 22.6 Å². The van der Waals surface area contributed by atoms with Crippen LogP contribution in [0, 0.1) is 6.92 Å². The summed E-state index contributed by atoms with van der Waals surface area (Å²) in [6.45, 7) is 4.95. The summed E-state index contributed by atoms with van der Waals surface area (Å²) in [4.78, 5) is 29.0. The molecule has 1 saturated carbocycles. The number of carboxylic acids is 1. The van der Waals surface area contributed by atoms with Gasteiger partial charge in [-0.05, 0) is 33.6 Å². The van der Waals surface area contributed by atoms with Gasteiger partial charge in [-0.2, -0.15) is 5.10 Å². The Morgan fingerprint density at radius 3 is 2.68 bits per heavy atom. The summed E-state index contributed by atoms with van der Waals surface area (Å²) >= 11 is 1.46. The molecule has 1 fully saturated rings. The zero-order valence-electron chi connectivity index (χ0n) is 14.6. The molecule has 1 aliphatic rings. The molecular weight excluding hydrogens is 340 g/mol. The Morgan fingerprint density at radius 1 is 1.36 bits per heavy atom. The molecule has 7 nitrogen and oxygen atoms in total. The zero-order valence-corrected chi connectivity index (χ0v) is 15.4. The van der Waals surface area contributed by atoms with E-state index in [1.54, 1.807) is 13.8 Å². The van der Waals surface area contributed by atoms with Crippen LogP contribution in [-0.2, 0) is 10.3 Å². The van der Waals surface area contributed by atoms with E-state index in [4.69, 9.17) is 0 Å². The van der Waals surface area contributed by atoms with E-state index in [0.717, 1.165) is 23.5 Å². The Labute approximate surface area is 150 Å². The van der Waals surface area contributed by atoms with Crippen LogP contribution in [0.25, 0.3) is 0 Å². The number of carbonyl (C=O) groups is 2. The number of nitrogens with one attached hydrogen (secondary N) is 1. The second kappa shape index (κ2) is 6.59. The standard InChI is InChI=1S/C17H22N4O3S/c1-10-13(25-15(19-10)11-6-4-5-7-11)14(22)20-12-8-18-21(9-12)17(2,3)16(23)24/h8-9,11H,4-7H2,1-3H3,(H,20,22)(H,23,24). The van der Waals surface area contributed by atoms with E-state index in [2.05, 4.69) is 15.4 Å². The molecule has 0 bridgehead atoms. The summed E-state index contributed by atoms with van der Waals surface area (Å²) < 4.78 is 1.33. The third-order valence-electron chi connectivity index (χ3n) is 4.66. The predicted octanol–water partition coefficient (Wildman–Crippen LogP) is 3.38. The minimum absolute atomic E-state index is 0.230. The van der Waals surface area contributed by atoms with Gasteiger partial charge in [0.2, 0.25) is 0 Å². The molecule has 0 unspecified atom stereocenters. The number of aromatic nitrogens is 3. The Morgan fingerprint density at radius 2 is 2.04 bits per heavy atom. The number of nitrogens with zero attached hydrogens (tertiary/aromatic N) is 3. The van der Waals surface area contributed by atoms with Crippen LogP contribution in [0.1, 0.15) is 65.8 Å². The molecule has 0 aliphatic heterocycles. The normalized spacial score (nSPS) is 15.5. The molecule has 8 heteroatoms. The van der Waals surface area contributed by atoms with Crippen molar-refractivity contribution >= 4 is 28.9 Å². The summed E-state index contributed by atoms with van der Waals surface area (Å²) in [5.41, 5.74) is 0.0242. The first-order valence-electron chi connectivity index (χ1n) is 8.36. The SMILES string of the molecule is Cc1nc(C2CCCC2)sc1C(=O)Nc1cnn(C(C)(C)C(=O)O)c1. The topological polar surface area (TPSA) is 97.1 Å². The van der Waals surface area contributed by atoms with Gasteiger partial charge in [0.15, 0.2) is 5.54 Å². The quantitative estimate of drug-likeness (QED) is 0.850. The largest absolute Gasteiger partial charge is 0.479 e. The molecule has 0 radical (unpaired) electrons. The minimum Gasteiger partial charge on any atom is -0.479 e. The van der Waals surface area contributed by atoms with Crippen LogP contribution < -0.4 is 5.32 Å². The van der Waals surface area contributed by atoms with Gasteiger partial charge in [0.1, 0.15) is 4.88 Å².